The number of carbonyl (C=O) groups is 2. The van der Waals surface area contributed by atoms with Gasteiger partial charge in [-0.1, -0.05) is 0 Å². The fourth-order valence-corrected chi connectivity index (χ4v) is 1.94. The van der Waals surface area contributed by atoms with Gasteiger partial charge < -0.3 is 4.40 Å². The molecule has 3 heterocycles. The van der Waals surface area contributed by atoms with Gasteiger partial charge >= 0.3 is 0 Å². The van der Waals surface area contributed by atoms with Gasteiger partial charge in [-0.25, -0.2) is 4.98 Å². The number of amides is 2. The third-order valence-electron chi connectivity index (χ3n) is 3.06. The number of carbonyl (C=O) groups excluding carboxylic acids is 2. The largest absolute Gasteiger partial charge is 0.306 e. The molecule has 0 saturated heterocycles. The van der Waals surface area contributed by atoms with E-state index in [1.165, 1.54) is 6.20 Å². The summed E-state index contributed by atoms with van der Waals surface area (Å²) in [6.45, 7) is 1.95. The second-order valence-electron chi connectivity index (χ2n) is 4.75. The van der Waals surface area contributed by atoms with E-state index in [0.717, 1.165) is 5.56 Å². The molecule has 0 saturated carbocycles. The molecule has 0 aliphatic carbocycles. The molecule has 7 heteroatoms. The van der Waals surface area contributed by atoms with E-state index in [9.17, 15) is 9.59 Å². The maximum atomic E-state index is 12.0. The van der Waals surface area contributed by atoms with Crippen molar-refractivity contribution in [2.75, 3.05) is 0 Å². The van der Waals surface area contributed by atoms with Crippen LogP contribution >= 0.6 is 0 Å². The molecular weight excluding hydrogens is 282 g/mol. The number of rotatable bonds is 2. The second kappa shape index (κ2) is 5.65. The average Bonchev–Trinajstić information content (AvgIpc) is 2.96. The van der Waals surface area contributed by atoms with Crippen LogP contribution in [0.4, 0.5) is 0 Å². The van der Waals surface area contributed by atoms with Crippen LogP contribution in [0.1, 0.15) is 26.4 Å². The summed E-state index contributed by atoms with van der Waals surface area (Å²) in [6.07, 6.45) is 6.40. The Labute approximate surface area is 126 Å². The van der Waals surface area contributed by atoms with Crippen LogP contribution in [0.3, 0.4) is 0 Å². The normalized spacial score (nSPS) is 10.4. The molecule has 0 aliphatic heterocycles. The van der Waals surface area contributed by atoms with Crippen LogP contribution in [0.15, 0.2) is 49.1 Å². The van der Waals surface area contributed by atoms with Gasteiger partial charge in [-0.15, -0.1) is 0 Å². The maximum absolute atomic E-state index is 12.0. The van der Waals surface area contributed by atoms with Gasteiger partial charge in [-0.3, -0.25) is 25.4 Å². The van der Waals surface area contributed by atoms with Gasteiger partial charge in [0.2, 0.25) is 0 Å². The minimum atomic E-state index is -0.487. The van der Waals surface area contributed by atoms with Crippen molar-refractivity contribution in [1.29, 1.82) is 0 Å². The van der Waals surface area contributed by atoms with Gasteiger partial charge in [-0.2, -0.15) is 0 Å². The van der Waals surface area contributed by atoms with Crippen LogP contribution in [0.25, 0.3) is 5.65 Å². The van der Waals surface area contributed by atoms with E-state index in [4.69, 9.17) is 0 Å². The van der Waals surface area contributed by atoms with Gasteiger partial charge in [0.05, 0.1) is 5.56 Å². The lowest BCUT2D eigenvalue weighted by Gasteiger charge is -2.05. The van der Waals surface area contributed by atoms with E-state index in [1.807, 2.05) is 25.3 Å². The Morgan fingerprint density at radius 3 is 2.77 bits per heavy atom. The van der Waals surface area contributed by atoms with Gasteiger partial charge in [0.25, 0.3) is 11.8 Å². The molecule has 2 amide bonds. The van der Waals surface area contributed by atoms with Crippen LogP contribution in [0.2, 0.25) is 0 Å². The molecule has 7 nitrogen and oxygen atoms in total. The summed E-state index contributed by atoms with van der Waals surface area (Å²) in [5.41, 5.74) is 6.95. The molecule has 0 aromatic carbocycles. The Balaban J connectivity index is 1.69. The molecule has 0 aliphatic rings. The van der Waals surface area contributed by atoms with Crippen LogP contribution in [-0.2, 0) is 0 Å². The number of pyridine rings is 2. The fraction of sp³-hybridized carbons (Fsp3) is 0.0667. The second-order valence-corrected chi connectivity index (χ2v) is 4.75. The predicted molar refractivity (Wildman–Crippen MR) is 79.1 cm³/mol. The molecule has 0 unspecified atom stereocenters. The Morgan fingerprint density at radius 1 is 1.18 bits per heavy atom. The lowest BCUT2D eigenvalue weighted by Crippen LogP contribution is -2.41. The summed E-state index contributed by atoms with van der Waals surface area (Å²) < 4.78 is 1.74. The topological polar surface area (TPSA) is 88.4 Å². The highest BCUT2D eigenvalue weighted by molar-refractivity contribution is 5.98. The number of hydrogen-bond donors (Lipinski definition) is 2. The van der Waals surface area contributed by atoms with Crippen molar-refractivity contribution >= 4 is 17.5 Å². The van der Waals surface area contributed by atoms with Gasteiger partial charge in [0.1, 0.15) is 11.3 Å². The SMILES string of the molecule is Cc1ccn2cc(C(=O)NNC(=O)c3cccnc3)nc2c1. The number of aromatic nitrogens is 3. The summed E-state index contributed by atoms with van der Waals surface area (Å²) in [7, 11) is 0. The number of hydrazine groups is 1. The number of imidazole rings is 1. The highest BCUT2D eigenvalue weighted by Gasteiger charge is 2.12. The molecule has 0 fully saturated rings. The highest BCUT2D eigenvalue weighted by Crippen LogP contribution is 2.07. The van der Waals surface area contributed by atoms with Crippen molar-refractivity contribution in [3.63, 3.8) is 0 Å². The molecular formula is C15H13N5O2. The molecule has 3 aromatic rings. The third-order valence-corrected chi connectivity index (χ3v) is 3.06. The first kappa shape index (κ1) is 13.7. The lowest BCUT2D eigenvalue weighted by atomic mass is 10.3. The first-order valence-electron chi connectivity index (χ1n) is 6.59. The molecule has 0 radical (unpaired) electrons. The monoisotopic (exact) mass is 295 g/mol. The van der Waals surface area contributed by atoms with Crippen LogP contribution < -0.4 is 10.9 Å². The van der Waals surface area contributed by atoms with Crippen molar-refractivity contribution < 1.29 is 9.59 Å². The minimum absolute atomic E-state index is 0.220. The van der Waals surface area contributed by atoms with E-state index >= 15 is 0 Å². The Kier molecular flexibility index (Phi) is 3.53. The lowest BCUT2D eigenvalue weighted by molar-refractivity contribution is 0.0844. The van der Waals surface area contributed by atoms with E-state index in [-0.39, 0.29) is 5.69 Å². The van der Waals surface area contributed by atoms with Crippen LogP contribution in [0.5, 0.6) is 0 Å². The molecule has 3 aromatic heterocycles. The number of fused-ring (bicyclic) bond motifs is 1. The maximum Gasteiger partial charge on any atom is 0.289 e. The third kappa shape index (κ3) is 2.78. The molecule has 110 valence electrons. The zero-order valence-electron chi connectivity index (χ0n) is 11.8. The Hall–Kier alpha value is -3.22. The standard InChI is InChI=1S/C15H13N5O2/c1-10-4-6-20-9-12(17-13(20)7-10)15(22)19-18-14(21)11-3-2-5-16-8-11/h2-9H,1H3,(H,18,21)(H,19,22). The van der Waals surface area contributed by atoms with Crippen LogP contribution in [-0.4, -0.2) is 26.2 Å². The van der Waals surface area contributed by atoms with Gasteiger partial charge in [-0.05, 0) is 36.8 Å². The van der Waals surface area contributed by atoms with E-state index in [2.05, 4.69) is 20.8 Å². The van der Waals surface area contributed by atoms with Gasteiger partial charge in [0.15, 0.2) is 0 Å². The number of nitrogens with one attached hydrogen (secondary N) is 2. The number of hydrogen-bond acceptors (Lipinski definition) is 4. The molecule has 0 spiro atoms. The zero-order valence-corrected chi connectivity index (χ0v) is 11.8. The molecule has 2 N–H and O–H groups in total. The van der Waals surface area contributed by atoms with Crippen molar-refractivity contribution in [2.45, 2.75) is 6.92 Å². The van der Waals surface area contributed by atoms with Crippen molar-refractivity contribution in [3.8, 4) is 0 Å². The quantitative estimate of drug-likeness (QED) is 0.693. The summed E-state index contributed by atoms with van der Waals surface area (Å²) in [5, 5.41) is 0. The summed E-state index contributed by atoms with van der Waals surface area (Å²) in [6, 6.07) is 7.02. The average molecular weight is 295 g/mol. The molecule has 0 bridgehead atoms. The Morgan fingerprint density at radius 2 is 2.00 bits per heavy atom. The first-order valence-corrected chi connectivity index (χ1v) is 6.59. The zero-order chi connectivity index (χ0) is 15.5. The first-order chi connectivity index (χ1) is 10.6. The molecule has 0 atom stereocenters. The molecule has 22 heavy (non-hydrogen) atoms. The number of nitrogens with zero attached hydrogens (tertiary/aromatic N) is 3. The van der Waals surface area contributed by atoms with Gasteiger partial charge in [0, 0.05) is 24.8 Å². The minimum Gasteiger partial charge on any atom is -0.306 e. The van der Waals surface area contributed by atoms with E-state index in [0.29, 0.717) is 11.2 Å². The van der Waals surface area contributed by atoms with E-state index in [1.54, 1.807) is 28.9 Å². The smallest absolute Gasteiger partial charge is 0.289 e. The number of aryl methyl sites for hydroxylation is 1. The van der Waals surface area contributed by atoms with Crippen molar-refractivity contribution in [2.24, 2.45) is 0 Å². The summed E-state index contributed by atoms with van der Waals surface area (Å²) in [5.74, 6) is -0.931. The summed E-state index contributed by atoms with van der Waals surface area (Å²) >= 11 is 0. The van der Waals surface area contributed by atoms with Crippen molar-refractivity contribution in [3.05, 3.63) is 65.9 Å². The van der Waals surface area contributed by atoms with Crippen LogP contribution in [0, 0.1) is 6.92 Å². The molecule has 3 rings (SSSR count). The Bertz CT molecular complexity index is 842. The predicted octanol–water partition coefficient (Wildman–Crippen LogP) is 1.11. The highest BCUT2D eigenvalue weighted by atomic mass is 16.2. The summed E-state index contributed by atoms with van der Waals surface area (Å²) in [4.78, 5) is 31.9. The van der Waals surface area contributed by atoms with E-state index < -0.39 is 11.8 Å². The van der Waals surface area contributed by atoms with Crippen molar-refractivity contribution in [1.82, 2.24) is 25.2 Å². The fourth-order valence-electron chi connectivity index (χ4n) is 1.94.